The number of aromatic carboxylic acids is 1. The number of carboxylic acid groups (broad SMARTS) is 1. The molecule has 0 aliphatic heterocycles. The van der Waals surface area contributed by atoms with E-state index in [2.05, 4.69) is 15.5 Å². The van der Waals surface area contributed by atoms with E-state index in [-0.39, 0.29) is 11.0 Å². The molecular weight excluding hydrogens is 274 g/mol. The summed E-state index contributed by atoms with van der Waals surface area (Å²) in [6.45, 7) is 9.60. The molecule has 1 aromatic heterocycles. The Morgan fingerprint density at radius 3 is 2.48 bits per heavy atom. The van der Waals surface area contributed by atoms with Crippen molar-refractivity contribution in [2.75, 3.05) is 6.54 Å². The van der Waals surface area contributed by atoms with Crippen LogP contribution in [-0.2, 0) is 11.2 Å². The van der Waals surface area contributed by atoms with Gasteiger partial charge in [0.05, 0.1) is 11.9 Å². The number of amides is 1. The Labute approximate surface area is 124 Å². The van der Waals surface area contributed by atoms with Crippen molar-refractivity contribution in [1.82, 2.24) is 15.5 Å². The van der Waals surface area contributed by atoms with E-state index in [1.54, 1.807) is 20.8 Å². The molecule has 0 fully saturated rings. The van der Waals surface area contributed by atoms with Crippen molar-refractivity contribution < 1.29 is 19.4 Å². The van der Waals surface area contributed by atoms with E-state index in [1.807, 2.05) is 13.8 Å². The van der Waals surface area contributed by atoms with Gasteiger partial charge in [-0.1, -0.05) is 13.8 Å². The van der Waals surface area contributed by atoms with Crippen molar-refractivity contribution >= 4 is 12.1 Å². The molecule has 0 aromatic carbocycles. The van der Waals surface area contributed by atoms with Gasteiger partial charge in [-0.25, -0.2) is 9.59 Å². The average Bonchev–Trinajstić information content (AvgIpc) is 2.71. The van der Waals surface area contributed by atoms with E-state index >= 15 is 0 Å². The Morgan fingerprint density at radius 2 is 1.95 bits per heavy atom. The number of carbonyl (C=O) groups excluding carboxylic acids is 1. The molecular formula is C14H23N3O4. The van der Waals surface area contributed by atoms with E-state index in [9.17, 15) is 9.59 Å². The molecule has 0 radical (unpaired) electrons. The third kappa shape index (κ3) is 5.85. The summed E-state index contributed by atoms with van der Waals surface area (Å²) in [5, 5.41) is 18.2. The zero-order valence-corrected chi connectivity index (χ0v) is 13.1. The Balaban J connectivity index is 2.60. The third-order valence-electron chi connectivity index (χ3n) is 2.71. The molecule has 1 aromatic rings. The van der Waals surface area contributed by atoms with Crippen molar-refractivity contribution in [3.8, 4) is 0 Å². The number of H-pyrrole nitrogens is 1. The highest BCUT2D eigenvalue weighted by atomic mass is 16.6. The molecule has 118 valence electrons. The zero-order valence-electron chi connectivity index (χ0n) is 13.1. The van der Waals surface area contributed by atoms with Crippen LogP contribution in [0.1, 0.15) is 50.7 Å². The minimum Gasteiger partial charge on any atom is -0.478 e. The molecule has 1 rings (SSSR count). The monoisotopic (exact) mass is 297 g/mol. The van der Waals surface area contributed by atoms with Crippen molar-refractivity contribution in [2.24, 2.45) is 5.41 Å². The molecule has 0 saturated heterocycles. The fourth-order valence-electron chi connectivity index (χ4n) is 1.80. The van der Waals surface area contributed by atoms with Crippen LogP contribution in [0.3, 0.4) is 0 Å². The second-order valence-electron chi connectivity index (χ2n) is 6.76. The highest BCUT2D eigenvalue weighted by molar-refractivity contribution is 5.88. The molecule has 3 N–H and O–H groups in total. The van der Waals surface area contributed by atoms with Crippen LogP contribution in [-0.4, -0.2) is 39.5 Å². The number of nitrogens with zero attached hydrogens (tertiary/aromatic N) is 1. The summed E-state index contributed by atoms with van der Waals surface area (Å²) in [7, 11) is 0. The fourth-order valence-corrected chi connectivity index (χ4v) is 1.80. The number of aromatic nitrogens is 2. The number of rotatable bonds is 5. The van der Waals surface area contributed by atoms with Crippen LogP contribution < -0.4 is 5.32 Å². The van der Waals surface area contributed by atoms with Gasteiger partial charge in [0.25, 0.3) is 0 Å². The number of hydrogen-bond donors (Lipinski definition) is 3. The smallest absolute Gasteiger partial charge is 0.407 e. The maximum absolute atomic E-state index is 11.6. The minimum atomic E-state index is -1.02. The van der Waals surface area contributed by atoms with E-state index < -0.39 is 17.7 Å². The fraction of sp³-hybridized carbons (Fsp3) is 0.643. The maximum atomic E-state index is 11.6. The molecule has 1 heterocycles. The molecule has 1 amide bonds. The highest BCUT2D eigenvalue weighted by Crippen LogP contribution is 2.22. The first kappa shape index (κ1) is 17.0. The first-order valence-electron chi connectivity index (χ1n) is 6.72. The summed E-state index contributed by atoms with van der Waals surface area (Å²) < 4.78 is 5.17. The standard InChI is InChI=1S/C14H23N3O4/c1-13(2,3)21-12(20)15-8-14(4,5)6-10-9(11(18)19)7-16-17-10/h7H,6,8H2,1-5H3,(H,15,20)(H,16,17)(H,18,19). The number of nitrogens with one attached hydrogen (secondary N) is 2. The van der Waals surface area contributed by atoms with Crippen LogP contribution in [0.25, 0.3) is 0 Å². The lowest BCUT2D eigenvalue weighted by atomic mass is 9.87. The van der Waals surface area contributed by atoms with Gasteiger partial charge in [-0.2, -0.15) is 5.10 Å². The molecule has 7 nitrogen and oxygen atoms in total. The molecule has 0 aliphatic carbocycles. The first-order valence-corrected chi connectivity index (χ1v) is 6.72. The molecule has 0 saturated carbocycles. The summed E-state index contributed by atoms with van der Waals surface area (Å²) in [5.74, 6) is -1.02. The normalized spacial score (nSPS) is 12.0. The lowest BCUT2D eigenvalue weighted by Crippen LogP contribution is -2.39. The van der Waals surface area contributed by atoms with Crippen LogP contribution >= 0.6 is 0 Å². The minimum absolute atomic E-state index is 0.153. The number of carbonyl (C=O) groups is 2. The summed E-state index contributed by atoms with van der Waals surface area (Å²) in [5.41, 5.74) is -0.194. The van der Waals surface area contributed by atoms with Crippen LogP contribution in [0.2, 0.25) is 0 Å². The molecule has 0 aliphatic rings. The van der Waals surface area contributed by atoms with Gasteiger partial charge in [0.2, 0.25) is 0 Å². The van der Waals surface area contributed by atoms with Crippen molar-refractivity contribution in [3.63, 3.8) is 0 Å². The van der Waals surface area contributed by atoms with Gasteiger partial charge < -0.3 is 15.2 Å². The lowest BCUT2D eigenvalue weighted by Gasteiger charge is -2.26. The predicted molar refractivity (Wildman–Crippen MR) is 77.3 cm³/mol. The first-order chi connectivity index (χ1) is 9.50. The van der Waals surface area contributed by atoms with E-state index in [1.165, 1.54) is 6.20 Å². The molecule has 0 bridgehead atoms. The van der Waals surface area contributed by atoms with Gasteiger partial charge in [-0.05, 0) is 32.6 Å². The number of aromatic amines is 1. The molecule has 21 heavy (non-hydrogen) atoms. The summed E-state index contributed by atoms with van der Waals surface area (Å²) in [6.07, 6.45) is 1.25. The molecule has 0 spiro atoms. The summed E-state index contributed by atoms with van der Waals surface area (Å²) in [4.78, 5) is 22.7. The van der Waals surface area contributed by atoms with E-state index in [0.717, 1.165) is 0 Å². The van der Waals surface area contributed by atoms with Gasteiger partial charge in [0, 0.05) is 6.54 Å². The quantitative estimate of drug-likeness (QED) is 0.773. The maximum Gasteiger partial charge on any atom is 0.407 e. The average molecular weight is 297 g/mol. The Hall–Kier alpha value is -2.05. The van der Waals surface area contributed by atoms with Crippen LogP contribution in [0.15, 0.2) is 6.20 Å². The van der Waals surface area contributed by atoms with E-state index in [4.69, 9.17) is 9.84 Å². The summed E-state index contributed by atoms with van der Waals surface area (Å²) in [6, 6.07) is 0. The number of hydrogen-bond acceptors (Lipinski definition) is 4. The van der Waals surface area contributed by atoms with Gasteiger partial charge in [0.1, 0.15) is 11.2 Å². The van der Waals surface area contributed by atoms with Gasteiger partial charge in [0.15, 0.2) is 0 Å². The predicted octanol–water partition coefficient (Wildman–Crippen LogP) is 2.20. The number of ether oxygens (including phenoxy) is 1. The Morgan fingerprint density at radius 1 is 1.33 bits per heavy atom. The van der Waals surface area contributed by atoms with Crippen LogP contribution in [0.5, 0.6) is 0 Å². The lowest BCUT2D eigenvalue weighted by molar-refractivity contribution is 0.0504. The largest absolute Gasteiger partial charge is 0.478 e. The van der Waals surface area contributed by atoms with E-state index in [0.29, 0.717) is 18.7 Å². The summed E-state index contributed by atoms with van der Waals surface area (Å²) >= 11 is 0. The molecule has 7 heteroatoms. The zero-order chi connectivity index (χ0) is 16.3. The second kappa shape index (κ2) is 6.15. The van der Waals surface area contributed by atoms with Crippen molar-refractivity contribution in [1.29, 1.82) is 0 Å². The Kier molecular flexibility index (Phi) is 4.98. The van der Waals surface area contributed by atoms with Crippen molar-refractivity contribution in [3.05, 3.63) is 17.5 Å². The Bertz CT molecular complexity index is 515. The highest BCUT2D eigenvalue weighted by Gasteiger charge is 2.25. The SMILES string of the molecule is CC(C)(CNC(=O)OC(C)(C)C)Cc1[nH]ncc1C(=O)O. The van der Waals surface area contributed by atoms with Gasteiger partial charge in [-0.15, -0.1) is 0 Å². The van der Waals surface area contributed by atoms with Crippen LogP contribution in [0, 0.1) is 5.41 Å². The molecule has 0 atom stereocenters. The second-order valence-corrected chi connectivity index (χ2v) is 6.76. The topological polar surface area (TPSA) is 104 Å². The third-order valence-corrected chi connectivity index (χ3v) is 2.71. The van der Waals surface area contributed by atoms with Gasteiger partial charge >= 0.3 is 12.1 Å². The van der Waals surface area contributed by atoms with Crippen LogP contribution in [0.4, 0.5) is 4.79 Å². The van der Waals surface area contributed by atoms with Gasteiger partial charge in [-0.3, -0.25) is 5.10 Å². The number of alkyl carbamates (subject to hydrolysis) is 1. The number of carboxylic acids is 1. The molecule has 0 unspecified atom stereocenters. The van der Waals surface area contributed by atoms with Crippen molar-refractivity contribution in [2.45, 2.75) is 46.6 Å².